The molecule has 5 heteroatoms. The number of nitriles is 1. The minimum atomic E-state index is 0.545. The SMILES string of the molecule is N#Cc1ccc(-c2ccc(-c3nc(-c4ccc(-c5cccc(-c6ccccc6)c5)cc4)nc(-c4ccc5c(c4)oc4cccc(-c6cccc(-c7ccccc7)c6)c45)n3)cc2)cc1. The largest absolute Gasteiger partial charge is 0.456 e. The Morgan fingerprint density at radius 2 is 0.730 bits per heavy atom. The lowest BCUT2D eigenvalue weighted by atomic mass is 9.96. The number of nitrogens with zero attached hydrogens (tertiary/aromatic N) is 4. The number of furan rings is 1. The van der Waals surface area contributed by atoms with Crippen molar-refractivity contribution in [3.8, 4) is 95.9 Å². The number of rotatable bonds is 8. The summed E-state index contributed by atoms with van der Waals surface area (Å²) in [5, 5.41) is 11.4. The number of aromatic nitrogens is 3. The first-order valence-corrected chi connectivity index (χ1v) is 20.9. The first-order valence-electron chi connectivity index (χ1n) is 20.9. The molecule has 0 bridgehead atoms. The molecule has 11 rings (SSSR count). The first-order chi connectivity index (χ1) is 31.1. The molecule has 0 aliphatic heterocycles. The van der Waals surface area contributed by atoms with Crippen molar-refractivity contribution in [3.05, 3.63) is 224 Å². The highest BCUT2D eigenvalue weighted by Crippen LogP contribution is 2.39. The average Bonchev–Trinajstić information content (AvgIpc) is 3.75. The third kappa shape index (κ3) is 7.33. The molecule has 63 heavy (non-hydrogen) atoms. The molecule has 0 amide bonds. The maximum absolute atomic E-state index is 9.29. The molecule has 0 saturated carbocycles. The van der Waals surface area contributed by atoms with Gasteiger partial charge in [0.05, 0.1) is 11.6 Å². The van der Waals surface area contributed by atoms with E-state index in [9.17, 15) is 5.26 Å². The van der Waals surface area contributed by atoms with Crippen LogP contribution >= 0.6 is 0 Å². The van der Waals surface area contributed by atoms with Crippen LogP contribution in [0, 0.1) is 11.3 Å². The van der Waals surface area contributed by atoms with E-state index in [2.05, 4.69) is 164 Å². The highest BCUT2D eigenvalue weighted by atomic mass is 16.3. The second kappa shape index (κ2) is 16.0. The van der Waals surface area contributed by atoms with E-state index in [-0.39, 0.29) is 0 Å². The molecular weight excluding hydrogens is 769 g/mol. The van der Waals surface area contributed by atoms with Gasteiger partial charge in [0.2, 0.25) is 0 Å². The fraction of sp³-hybridized carbons (Fsp3) is 0. The minimum Gasteiger partial charge on any atom is -0.456 e. The molecule has 0 unspecified atom stereocenters. The van der Waals surface area contributed by atoms with E-state index in [1.54, 1.807) is 0 Å². The molecule has 0 saturated heterocycles. The van der Waals surface area contributed by atoms with Gasteiger partial charge in [0.25, 0.3) is 0 Å². The zero-order valence-corrected chi connectivity index (χ0v) is 34.0. The molecule has 0 spiro atoms. The van der Waals surface area contributed by atoms with Crippen molar-refractivity contribution in [2.45, 2.75) is 0 Å². The molecule has 0 fully saturated rings. The van der Waals surface area contributed by atoms with Gasteiger partial charge in [-0.25, -0.2) is 15.0 Å². The molecule has 9 aromatic carbocycles. The normalized spacial score (nSPS) is 11.2. The average molecular weight is 805 g/mol. The van der Waals surface area contributed by atoms with E-state index in [0.29, 0.717) is 23.0 Å². The Morgan fingerprint density at radius 3 is 1.29 bits per heavy atom. The number of hydrogen-bond acceptors (Lipinski definition) is 5. The Bertz CT molecular complexity index is 3480. The van der Waals surface area contributed by atoms with Crippen molar-refractivity contribution in [1.82, 2.24) is 15.0 Å². The first kappa shape index (κ1) is 37.3. The molecule has 294 valence electrons. The summed E-state index contributed by atoms with van der Waals surface area (Å²) >= 11 is 0. The lowest BCUT2D eigenvalue weighted by Crippen LogP contribution is -2.00. The Labute approximate surface area is 364 Å². The van der Waals surface area contributed by atoms with Gasteiger partial charge in [0.15, 0.2) is 17.5 Å². The Morgan fingerprint density at radius 1 is 0.317 bits per heavy atom. The van der Waals surface area contributed by atoms with Crippen molar-refractivity contribution in [3.63, 3.8) is 0 Å². The summed E-state index contributed by atoms with van der Waals surface area (Å²) in [4.78, 5) is 15.3. The van der Waals surface area contributed by atoms with Gasteiger partial charge in [0.1, 0.15) is 11.2 Å². The van der Waals surface area contributed by atoms with Gasteiger partial charge in [-0.2, -0.15) is 5.26 Å². The summed E-state index contributed by atoms with van der Waals surface area (Å²) in [5.41, 5.74) is 16.0. The van der Waals surface area contributed by atoms with Crippen LogP contribution in [0.1, 0.15) is 5.56 Å². The van der Waals surface area contributed by atoms with Gasteiger partial charge in [-0.05, 0) is 98.1 Å². The van der Waals surface area contributed by atoms with Crippen LogP contribution < -0.4 is 0 Å². The fourth-order valence-electron chi connectivity index (χ4n) is 8.34. The maximum Gasteiger partial charge on any atom is 0.164 e. The Balaban J connectivity index is 0.988. The van der Waals surface area contributed by atoms with Crippen molar-refractivity contribution < 1.29 is 4.42 Å². The van der Waals surface area contributed by atoms with Crippen LogP contribution in [0.3, 0.4) is 0 Å². The van der Waals surface area contributed by atoms with Gasteiger partial charge in [0, 0.05) is 27.5 Å². The molecular formula is C58H36N4O. The fourth-order valence-corrected chi connectivity index (χ4v) is 8.34. The third-order valence-corrected chi connectivity index (χ3v) is 11.6. The standard InChI is InChI=1S/C58H36N4O/c59-37-38-20-22-41(23-21-38)42-24-28-44(29-25-42)56-60-57(45-30-26-43(27-31-45)47-15-7-14-46(34-47)39-10-3-1-4-11-39)62-58(61-56)50-32-33-52-54(36-50)63-53-19-9-18-51(55(52)53)49-17-8-16-48(35-49)40-12-5-2-6-13-40/h1-36H. The quantitative estimate of drug-likeness (QED) is 0.153. The topological polar surface area (TPSA) is 75.6 Å². The van der Waals surface area contributed by atoms with E-state index in [4.69, 9.17) is 19.4 Å². The van der Waals surface area contributed by atoms with Crippen molar-refractivity contribution in [2.24, 2.45) is 0 Å². The molecule has 2 heterocycles. The molecule has 5 nitrogen and oxygen atoms in total. The van der Waals surface area contributed by atoms with Crippen molar-refractivity contribution in [2.75, 3.05) is 0 Å². The molecule has 0 atom stereocenters. The van der Waals surface area contributed by atoms with Crippen LogP contribution in [0.15, 0.2) is 223 Å². The maximum atomic E-state index is 9.29. The van der Waals surface area contributed by atoms with Crippen LogP contribution in [0.25, 0.3) is 112 Å². The molecule has 11 aromatic rings. The van der Waals surface area contributed by atoms with Gasteiger partial charge in [-0.1, -0.05) is 176 Å². The van der Waals surface area contributed by atoms with E-state index in [1.807, 2.05) is 60.7 Å². The van der Waals surface area contributed by atoms with Gasteiger partial charge in [-0.15, -0.1) is 0 Å². The van der Waals surface area contributed by atoms with Crippen LogP contribution in [0.4, 0.5) is 0 Å². The summed E-state index contributed by atoms with van der Waals surface area (Å²) in [6, 6.07) is 77.1. The highest BCUT2D eigenvalue weighted by Gasteiger charge is 2.17. The Hall–Kier alpha value is -8.72. The number of fused-ring (bicyclic) bond motifs is 3. The summed E-state index contributed by atoms with van der Waals surface area (Å²) < 4.78 is 6.59. The van der Waals surface area contributed by atoms with Crippen molar-refractivity contribution in [1.29, 1.82) is 5.26 Å². The summed E-state index contributed by atoms with van der Waals surface area (Å²) in [7, 11) is 0. The van der Waals surface area contributed by atoms with Crippen LogP contribution in [-0.4, -0.2) is 15.0 Å². The highest BCUT2D eigenvalue weighted by molar-refractivity contribution is 6.13. The number of benzene rings is 9. The van der Waals surface area contributed by atoms with Gasteiger partial charge < -0.3 is 4.42 Å². The van der Waals surface area contributed by atoms with Gasteiger partial charge >= 0.3 is 0 Å². The zero-order chi connectivity index (χ0) is 42.1. The molecule has 0 aliphatic rings. The van der Waals surface area contributed by atoms with Gasteiger partial charge in [-0.3, -0.25) is 0 Å². The van der Waals surface area contributed by atoms with Crippen LogP contribution in [0.5, 0.6) is 0 Å². The smallest absolute Gasteiger partial charge is 0.164 e. The summed E-state index contributed by atoms with van der Waals surface area (Å²) in [5.74, 6) is 1.68. The summed E-state index contributed by atoms with van der Waals surface area (Å²) in [6.45, 7) is 0. The molecule has 0 aliphatic carbocycles. The molecule has 0 N–H and O–H groups in total. The van der Waals surface area contributed by atoms with E-state index in [1.165, 1.54) is 16.7 Å². The lowest BCUT2D eigenvalue weighted by Gasteiger charge is -2.10. The minimum absolute atomic E-state index is 0.545. The van der Waals surface area contributed by atoms with Crippen molar-refractivity contribution >= 4 is 21.9 Å². The second-order valence-electron chi connectivity index (χ2n) is 15.5. The second-order valence-corrected chi connectivity index (χ2v) is 15.5. The predicted octanol–water partition coefficient (Wildman–Crippen LogP) is 15.0. The Kier molecular flexibility index (Phi) is 9.50. The van der Waals surface area contributed by atoms with E-state index >= 15 is 0 Å². The number of hydrogen-bond donors (Lipinski definition) is 0. The molecule has 0 radical (unpaired) electrons. The van der Waals surface area contributed by atoms with E-state index < -0.39 is 0 Å². The zero-order valence-electron chi connectivity index (χ0n) is 34.0. The monoisotopic (exact) mass is 804 g/mol. The van der Waals surface area contributed by atoms with E-state index in [0.717, 1.165) is 77.6 Å². The van der Waals surface area contributed by atoms with Crippen LogP contribution in [0.2, 0.25) is 0 Å². The predicted molar refractivity (Wildman–Crippen MR) is 255 cm³/mol. The summed E-state index contributed by atoms with van der Waals surface area (Å²) in [6.07, 6.45) is 0. The molecule has 2 aromatic heterocycles. The third-order valence-electron chi connectivity index (χ3n) is 11.6. The van der Waals surface area contributed by atoms with Crippen LogP contribution in [-0.2, 0) is 0 Å². The lowest BCUT2D eigenvalue weighted by molar-refractivity contribution is 0.669.